The van der Waals surface area contributed by atoms with Crippen LogP contribution in [0.15, 0.2) is 47.6 Å². The standard InChI is InChI=1S/C14H20ClN3O2.C7H5Cl/c1-18(9-3-5-17-6-4-9)14(19)10-7-11(15)12(16)8-13(10)20-2;8-7-5-1-2-6(7)4-3-5/h7-9,17H,3-6,16H2,1-2H3;1-4,7H. The maximum Gasteiger partial charge on any atom is 0.257 e. The number of nitrogens with one attached hydrogen (secondary N) is 1. The van der Waals surface area contributed by atoms with Crippen molar-refractivity contribution >= 4 is 34.8 Å². The molecule has 0 unspecified atom stereocenters. The molecule has 1 saturated heterocycles. The van der Waals surface area contributed by atoms with Crippen LogP contribution in [0.25, 0.3) is 0 Å². The van der Waals surface area contributed by atoms with Crippen molar-refractivity contribution in [3.63, 3.8) is 0 Å². The quantitative estimate of drug-likeness (QED) is 0.575. The summed E-state index contributed by atoms with van der Waals surface area (Å²) in [5.74, 6) is 0.369. The number of benzene rings is 1. The van der Waals surface area contributed by atoms with Crippen LogP contribution >= 0.6 is 23.2 Å². The molecule has 2 aliphatic carbocycles. The van der Waals surface area contributed by atoms with Crippen LogP contribution in [0.2, 0.25) is 5.02 Å². The molecule has 1 amide bonds. The number of anilines is 1. The average molecular weight is 422 g/mol. The van der Waals surface area contributed by atoms with Gasteiger partial charge in [0.05, 0.1) is 28.8 Å². The van der Waals surface area contributed by atoms with E-state index in [0.29, 0.717) is 22.0 Å². The van der Waals surface area contributed by atoms with E-state index in [2.05, 4.69) is 29.6 Å². The number of ether oxygens (including phenoxy) is 1. The van der Waals surface area contributed by atoms with Crippen LogP contribution in [-0.2, 0) is 0 Å². The van der Waals surface area contributed by atoms with E-state index >= 15 is 0 Å². The average Bonchev–Trinajstić information content (AvgIpc) is 3.26. The van der Waals surface area contributed by atoms with E-state index in [4.69, 9.17) is 33.7 Å². The van der Waals surface area contributed by atoms with Crippen molar-refractivity contribution in [3.8, 4) is 5.75 Å². The van der Waals surface area contributed by atoms with Gasteiger partial charge >= 0.3 is 0 Å². The van der Waals surface area contributed by atoms with Crippen molar-refractivity contribution in [2.24, 2.45) is 0 Å². The second kappa shape index (κ2) is 9.03. The molecule has 1 aromatic carbocycles. The van der Waals surface area contributed by atoms with Crippen LogP contribution in [0.3, 0.4) is 0 Å². The fourth-order valence-corrected chi connectivity index (χ4v) is 3.94. The number of piperidine rings is 1. The maximum absolute atomic E-state index is 12.6. The number of carbonyl (C=O) groups excluding carboxylic acids is 1. The first kappa shape index (κ1) is 20.8. The molecule has 28 heavy (non-hydrogen) atoms. The van der Waals surface area contributed by atoms with Gasteiger partial charge in [0.25, 0.3) is 5.91 Å². The Bertz CT molecular complexity index is 820. The number of methoxy groups -OCH3 is 1. The van der Waals surface area contributed by atoms with Crippen LogP contribution < -0.4 is 15.8 Å². The Morgan fingerprint density at radius 1 is 1.21 bits per heavy atom. The lowest BCUT2D eigenvalue weighted by Crippen LogP contribution is -2.44. The van der Waals surface area contributed by atoms with Gasteiger partial charge in [-0.2, -0.15) is 0 Å². The number of nitrogens with zero attached hydrogens (tertiary/aromatic N) is 1. The van der Waals surface area contributed by atoms with Gasteiger partial charge in [0.1, 0.15) is 5.75 Å². The third-order valence-corrected chi connectivity index (χ3v) is 6.08. The summed E-state index contributed by atoms with van der Waals surface area (Å²) in [5, 5.41) is 3.83. The van der Waals surface area contributed by atoms with Crippen molar-refractivity contribution in [2.75, 3.05) is 33.0 Å². The number of allylic oxidation sites excluding steroid dienone is 6. The summed E-state index contributed by atoms with van der Waals surface area (Å²) in [6, 6.07) is 3.41. The van der Waals surface area contributed by atoms with E-state index in [0.717, 1.165) is 25.9 Å². The Labute approximate surface area is 175 Å². The molecule has 0 atom stereocenters. The molecule has 2 bridgehead atoms. The summed E-state index contributed by atoms with van der Waals surface area (Å²) in [6.45, 7) is 1.86. The molecule has 150 valence electrons. The fourth-order valence-electron chi connectivity index (χ4n) is 3.48. The molecule has 0 spiro atoms. The Morgan fingerprint density at radius 2 is 1.82 bits per heavy atom. The number of fused-ring (bicyclic) bond motifs is 2. The first-order chi connectivity index (χ1) is 13.4. The highest BCUT2D eigenvalue weighted by molar-refractivity contribution is 6.33. The highest BCUT2D eigenvalue weighted by Crippen LogP contribution is 2.33. The van der Waals surface area contributed by atoms with Crippen LogP contribution in [0.1, 0.15) is 23.2 Å². The van der Waals surface area contributed by atoms with Crippen molar-refractivity contribution < 1.29 is 9.53 Å². The summed E-state index contributed by atoms with van der Waals surface area (Å²) in [4.78, 5) is 14.4. The molecular formula is C21H25Cl2N3O2. The Balaban J connectivity index is 0.000000231. The van der Waals surface area contributed by atoms with E-state index in [-0.39, 0.29) is 17.3 Å². The zero-order valence-electron chi connectivity index (χ0n) is 16.0. The van der Waals surface area contributed by atoms with Crippen molar-refractivity contribution in [1.82, 2.24) is 10.2 Å². The van der Waals surface area contributed by atoms with Gasteiger partial charge in [-0.3, -0.25) is 4.79 Å². The molecule has 5 nitrogen and oxygen atoms in total. The molecule has 1 aliphatic heterocycles. The Kier molecular flexibility index (Phi) is 6.70. The zero-order chi connectivity index (χ0) is 20.3. The number of rotatable bonds is 3. The van der Waals surface area contributed by atoms with Crippen LogP contribution in [-0.4, -0.2) is 49.5 Å². The minimum atomic E-state index is -0.0874. The molecule has 0 radical (unpaired) electrons. The topological polar surface area (TPSA) is 67.6 Å². The van der Waals surface area contributed by atoms with Crippen LogP contribution in [0, 0.1) is 0 Å². The Morgan fingerprint density at radius 3 is 2.29 bits per heavy atom. The molecule has 0 aromatic heterocycles. The fraction of sp³-hybridized carbons (Fsp3) is 0.381. The van der Waals surface area contributed by atoms with E-state index in [1.165, 1.54) is 18.3 Å². The van der Waals surface area contributed by atoms with Crippen molar-refractivity contribution in [1.29, 1.82) is 0 Å². The minimum absolute atomic E-state index is 0.0874. The lowest BCUT2D eigenvalue weighted by atomic mass is 10.0. The van der Waals surface area contributed by atoms with E-state index in [1.54, 1.807) is 17.0 Å². The molecule has 3 aliphatic rings. The molecular weight excluding hydrogens is 397 g/mol. The summed E-state index contributed by atoms with van der Waals surface area (Å²) < 4.78 is 5.24. The molecule has 7 heteroatoms. The smallest absolute Gasteiger partial charge is 0.257 e. The largest absolute Gasteiger partial charge is 0.496 e. The first-order valence-corrected chi connectivity index (χ1v) is 10.1. The summed E-state index contributed by atoms with van der Waals surface area (Å²) >= 11 is 11.9. The highest BCUT2D eigenvalue weighted by Gasteiger charge is 2.25. The van der Waals surface area contributed by atoms with Gasteiger partial charge in [-0.15, -0.1) is 11.6 Å². The van der Waals surface area contributed by atoms with Crippen LogP contribution in [0.4, 0.5) is 5.69 Å². The number of hydrogen-bond donors (Lipinski definition) is 2. The lowest BCUT2D eigenvalue weighted by Gasteiger charge is -2.32. The third kappa shape index (κ3) is 4.37. The predicted octanol–water partition coefficient (Wildman–Crippen LogP) is 3.78. The summed E-state index contributed by atoms with van der Waals surface area (Å²) in [7, 11) is 3.34. The number of hydrogen-bond acceptors (Lipinski definition) is 4. The number of carbonyl (C=O) groups is 1. The second-order valence-electron chi connectivity index (χ2n) is 7.00. The van der Waals surface area contributed by atoms with Gasteiger partial charge in [-0.05, 0) is 43.1 Å². The zero-order valence-corrected chi connectivity index (χ0v) is 17.6. The lowest BCUT2D eigenvalue weighted by molar-refractivity contribution is 0.0700. The molecule has 3 N–H and O–H groups in total. The number of amides is 1. The number of nitrogen functional groups attached to an aromatic ring is 1. The van der Waals surface area contributed by atoms with Gasteiger partial charge < -0.3 is 20.7 Å². The summed E-state index contributed by atoms with van der Waals surface area (Å²) in [5.41, 5.74) is 9.07. The first-order valence-electron chi connectivity index (χ1n) is 9.27. The van der Waals surface area contributed by atoms with Gasteiger partial charge in [0.2, 0.25) is 0 Å². The SMILES string of the molecule is COc1cc(N)c(Cl)cc1C(=O)N(C)C1CCNCC1.ClC1C2=CC=C1C=C2. The van der Waals surface area contributed by atoms with Crippen molar-refractivity contribution in [3.05, 3.63) is 58.2 Å². The van der Waals surface area contributed by atoms with Gasteiger partial charge in [-0.25, -0.2) is 0 Å². The number of alkyl halides is 1. The molecule has 1 fully saturated rings. The Hall–Kier alpha value is -1.95. The number of halogens is 2. The molecule has 0 saturated carbocycles. The van der Waals surface area contributed by atoms with E-state index < -0.39 is 0 Å². The normalized spacial score (nSPS) is 18.3. The van der Waals surface area contributed by atoms with E-state index in [1.807, 2.05) is 7.05 Å². The highest BCUT2D eigenvalue weighted by atomic mass is 35.5. The number of nitrogens with two attached hydrogens (primary N) is 1. The molecule has 1 aromatic rings. The predicted molar refractivity (Wildman–Crippen MR) is 115 cm³/mol. The monoisotopic (exact) mass is 421 g/mol. The van der Waals surface area contributed by atoms with Crippen LogP contribution in [0.5, 0.6) is 5.75 Å². The molecule has 4 rings (SSSR count). The third-order valence-electron chi connectivity index (χ3n) is 5.25. The van der Waals surface area contributed by atoms with Gasteiger partial charge in [0.15, 0.2) is 0 Å². The molecule has 1 heterocycles. The maximum atomic E-state index is 12.6. The minimum Gasteiger partial charge on any atom is -0.496 e. The van der Waals surface area contributed by atoms with Gasteiger partial charge in [-0.1, -0.05) is 35.9 Å². The van der Waals surface area contributed by atoms with Gasteiger partial charge in [0, 0.05) is 19.2 Å². The van der Waals surface area contributed by atoms with Crippen molar-refractivity contribution in [2.45, 2.75) is 24.3 Å². The van der Waals surface area contributed by atoms with E-state index in [9.17, 15) is 4.79 Å². The second-order valence-corrected chi connectivity index (χ2v) is 7.84. The summed E-state index contributed by atoms with van der Waals surface area (Å²) in [6.07, 6.45) is 10.2.